The third-order valence-corrected chi connectivity index (χ3v) is 1.71. The molecular formula is C11H17ClFN. The minimum absolute atomic E-state index is 0.0605. The second-order valence-corrected chi connectivity index (χ2v) is 4.26. The maximum absolute atomic E-state index is 9.50. The number of benzene rings is 1. The summed E-state index contributed by atoms with van der Waals surface area (Å²) in [6, 6.07) is 7.76. The first-order valence-corrected chi connectivity index (χ1v) is 4.77. The predicted molar refractivity (Wildman–Crippen MR) is 61.9 cm³/mol. The topological polar surface area (TPSA) is 12.0 Å². The van der Waals surface area contributed by atoms with E-state index in [2.05, 4.69) is 26.1 Å². The van der Waals surface area contributed by atoms with Crippen LogP contribution >= 0.6 is 11.6 Å². The van der Waals surface area contributed by atoms with Gasteiger partial charge in [0.1, 0.15) is 0 Å². The van der Waals surface area contributed by atoms with Gasteiger partial charge in [-0.1, -0.05) is 23.7 Å². The van der Waals surface area contributed by atoms with E-state index in [-0.39, 0.29) is 5.54 Å². The van der Waals surface area contributed by atoms with E-state index < -0.39 is 0 Å². The number of hydrogen-bond acceptors (Lipinski definition) is 1. The van der Waals surface area contributed by atoms with Gasteiger partial charge in [0.2, 0.25) is 0 Å². The van der Waals surface area contributed by atoms with Gasteiger partial charge in [0.15, 0.2) is 0 Å². The van der Waals surface area contributed by atoms with E-state index in [1.165, 1.54) is 0 Å². The Balaban J connectivity index is 0.000000791. The summed E-state index contributed by atoms with van der Waals surface area (Å²) in [7, 11) is 0.500. The van der Waals surface area contributed by atoms with Crippen molar-refractivity contribution in [1.29, 1.82) is 0 Å². The zero-order chi connectivity index (χ0) is 11.2. The molecule has 14 heavy (non-hydrogen) atoms. The first-order chi connectivity index (χ1) is 6.49. The molecule has 0 radical (unpaired) electrons. The molecule has 0 saturated heterocycles. The van der Waals surface area contributed by atoms with Gasteiger partial charge in [-0.25, -0.2) is 0 Å². The van der Waals surface area contributed by atoms with Gasteiger partial charge in [-0.2, -0.15) is 0 Å². The first-order valence-electron chi connectivity index (χ1n) is 4.39. The van der Waals surface area contributed by atoms with Crippen LogP contribution in [0.4, 0.5) is 10.1 Å². The van der Waals surface area contributed by atoms with Crippen molar-refractivity contribution in [2.75, 3.05) is 12.5 Å². The highest BCUT2D eigenvalue weighted by Crippen LogP contribution is 2.23. The van der Waals surface area contributed by atoms with Crippen molar-refractivity contribution >= 4 is 17.3 Å². The minimum atomic E-state index is 0.0605. The third kappa shape index (κ3) is 5.07. The zero-order valence-electron chi connectivity index (χ0n) is 9.07. The van der Waals surface area contributed by atoms with Gasteiger partial charge in [0.05, 0.1) is 17.9 Å². The molecule has 0 amide bonds. The number of alkyl halides is 1. The van der Waals surface area contributed by atoms with Crippen molar-refractivity contribution < 1.29 is 4.39 Å². The molecule has 0 aliphatic carbocycles. The van der Waals surface area contributed by atoms with Crippen molar-refractivity contribution in [3.05, 3.63) is 29.3 Å². The monoisotopic (exact) mass is 217 g/mol. The van der Waals surface area contributed by atoms with Crippen LogP contribution in [0.1, 0.15) is 20.8 Å². The summed E-state index contributed by atoms with van der Waals surface area (Å²) >= 11 is 5.97. The Morgan fingerprint density at radius 2 is 1.64 bits per heavy atom. The predicted octanol–water partition coefficient (Wildman–Crippen LogP) is 4.14. The lowest BCUT2D eigenvalue weighted by molar-refractivity contribution is 0.634. The van der Waals surface area contributed by atoms with Crippen LogP contribution in [0.15, 0.2) is 24.3 Å². The smallest absolute Gasteiger partial charge is 0.0785 e. The quantitative estimate of drug-likeness (QED) is 0.746. The Kier molecular flexibility index (Phi) is 5.55. The van der Waals surface area contributed by atoms with Crippen molar-refractivity contribution in [2.45, 2.75) is 26.3 Å². The summed E-state index contributed by atoms with van der Waals surface area (Å²) in [6.45, 7) is 6.32. The highest BCUT2D eigenvalue weighted by molar-refractivity contribution is 6.33. The van der Waals surface area contributed by atoms with Crippen LogP contribution in [-0.2, 0) is 0 Å². The molecule has 0 spiro atoms. The lowest BCUT2D eigenvalue weighted by Crippen LogP contribution is -2.26. The Morgan fingerprint density at radius 3 is 2.07 bits per heavy atom. The third-order valence-electron chi connectivity index (χ3n) is 1.38. The number of nitrogens with one attached hydrogen (secondary N) is 1. The minimum Gasteiger partial charge on any atom is -0.379 e. The van der Waals surface area contributed by atoms with Gasteiger partial charge >= 0.3 is 0 Å². The fourth-order valence-corrected chi connectivity index (χ4v) is 1.15. The van der Waals surface area contributed by atoms with Gasteiger partial charge in [0, 0.05) is 5.54 Å². The summed E-state index contributed by atoms with van der Waals surface area (Å²) in [4.78, 5) is 0. The largest absolute Gasteiger partial charge is 0.379 e. The fraction of sp³-hybridized carbons (Fsp3) is 0.455. The maximum Gasteiger partial charge on any atom is 0.0785 e. The van der Waals surface area contributed by atoms with Crippen LogP contribution in [-0.4, -0.2) is 12.7 Å². The standard InChI is InChI=1S/C10H14ClN.CH3F/c1-10(2,3)12-9-7-5-4-6-8(9)11;1-2/h4-7,12H,1-3H3;1H3. The summed E-state index contributed by atoms with van der Waals surface area (Å²) in [5.74, 6) is 0. The van der Waals surface area contributed by atoms with Crippen LogP contribution in [0.3, 0.4) is 0 Å². The molecule has 0 saturated carbocycles. The highest BCUT2D eigenvalue weighted by atomic mass is 35.5. The molecule has 0 unspecified atom stereocenters. The van der Waals surface area contributed by atoms with Crippen LogP contribution in [0, 0.1) is 0 Å². The van der Waals surface area contributed by atoms with E-state index in [4.69, 9.17) is 11.6 Å². The second-order valence-electron chi connectivity index (χ2n) is 3.85. The van der Waals surface area contributed by atoms with E-state index in [1.807, 2.05) is 24.3 Å². The van der Waals surface area contributed by atoms with E-state index in [0.29, 0.717) is 7.18 Å². The molecule has 1 nitrogen and oxygen atoms in total. The average molecular weight is 218 g/mol. The first kappa shape index (κ1) is 13.2. The number of rotatable bonds is 1. The van der Waals surface area contributed by atoms with Gasteiger partial charge in [-0.05, 0) is 32.9 Å². The Labute approximate surface area is 90.3 Å². The Hall–Kier alpha value is -0.760. The van der Waals surface area contributed by atoms with Crippen molar-refractivity contribution in [3.8, 4) is 0 Å². The molecule has 0 bridgehead atoms. The fourth-order valence-electron chi connectivity index (χ4n) is 0.967. The highest BCUT2D eigenvalue weighted by Gasteiger charge is 2.10. The molecule has 0 atom stereocenters. The molecule has 0 aromatic heterocycles. The van der Waals surface area contributed by atoms with Gasteiger partial charge in [-0.3, -0.25) is 4.39 Å². The van der Waals surface area contributed by atoms with Crippen LogP contribution in [0.25, 0.3) is 0 Å². The van der Waals surface area contributed by atoms with Crippen molar-refractivity contribution in [3.63, 3.8) is 0 Å². The molecule has 0 fully saturated rings. The van der Waals surface area contributed by atoms with E-state index in [1.54, 1.807) is 0 Å². The van der Waals surface area contributed by atoms with E-state index in [9.17, 15) is 4.39 Å². The summed E-state index contributed by atoms with van der Waals surface area (Å²) in [5.41, 5.74) is 1.05. The number of halogens is 2. The average Bonchev–Trinajstić information content (AvgIpc) is 2.10. The van der Waals surface area contributed by atoms with Crippen LogP contribution < -0.4 is 5.32 Å². The number of hydrogen-bond donors (Lipinski definition) is 1. The molecule has 1 aromatic rings. The molecule has 0 heterocycles. The summed E-state index contributed by atoms with van der Waals surface area (Å²) < 4.78 is 9.50. The van der Waals surface area contributed by atoms with Crippen molar-refractivity contribution in [1.82, 2.24) is 0 Å². The van der Waals surface area contributed by atoms with Gasteiger partial charge < -0.3 is 5.32 Å². The van der Waals surface area contributed by atoms with E-state index in [0.717, 1.165) is 10.7 Å². The van der Waals surface area contributed by atoms with Crippen LogP contribution in [0.5, 0.6) is 0 Å². The van der Waals surface area contributed by atoms with Gasteiger partial charge in [0.25, 0.3) is 0 Å². The molecule has 3 heteroatoms. The molecule has 1 N–H and O–H groups in total. The molecule has 1 aromatic carbocycles. The lowest BCUT2D eigenvalue weighted by atomic mass is 10.1. The zero-order valence-corrected chi connectivity index (χ0v) is 9.82. The number of anilines is 1. The second kappa shape index (κ2) is 5.86. The molecule has 80 valence electrons. The van der Waals surface area contributed by atoms with Crippen molar-refractivity contribution in [2.24, 2.45) is 0 Å². The SMILES string of the molecule is CC(C)(C)Nc1ccccc1Cl.CF. The van der Waals surface area contributed by atoms with E-state index >= 15 is 0 Å². The molecule has 0 aliphatic rings. The normalized spacial score (nSPS) is 10.1. The van der Waals surface area contributed by atoms with Crippen LogP contribution in [0.2, 0.25) is 5.02 Å². The Morgan fingerprint density at radius 1 is 1.14 bits per heavy atom. The Bertz CT molecular complexity index is 268. The molecule has 1 rings (SSSR count). The summed E-state index contributed by atoms with van der Waals surface area (Å²) in [6.07, 6.45) is 0. The summed E-state index contributed by atoms with van der Waals surface area (Å²) in [5, 5.41) is 4.09. The van der Waals surface area contributed by atoms with Gasteiger partial charge in [-0.15, -0.1) is 0 Å². The molecule has 0 aliphatic heterocycles. The lowest BCUT2D eigenvalue weighted by Gasteiger charge is -2.22. The number of para-hydroxylation sites is 1. The molecular weight excluding hydrogens is 201 g/mol. The maximum atomic E-state index is 9.50.